The van der Waals surface area contributed by atoms with Gasteiger partial charge >= 0.3 is 6.03 Å². The first-order valence-electron chi connectivity index (χ1n) is 10.5. The highest BCUT2D eigenvalue weighted by Crippen LogP contribution is 2.36. The normalized spacial score (nSPS) is 11.0. The molecule has 0 fully saturated rings. The van der Waals surface area contributed by atoms with Gasteiger partial charge in [-0.05, 0) is 50.5 Å². The first-order chi connectivity index (χ1) is 14.9. The van der Waals surface area contributed by atoms with Gasteiger partial charge in [-0.15, -0.1) is 0 Å². The molecule has 7 nitrogen and oxygen atoms in total. The Kier molecular flexibility index (Phi) is 7.31. The number of urea groups is 1. The molecule has 0 aliphatic carbocycles. The van der Waals surface area contributed by atoms with Gasteiger partial charge in [0.25, 0.3) is 5.91 Å². The third kappa shape index (κ3) is 5.44. The summed E-state index contributed by atoms with van der Waals surface area (Å²) in [5, 5.41) is 9.27. The van der Waals surface area contributed by atoms with Gasteiger partial charge < -0.3 is 25.7 Å². The van der Waals surface area contributed by atoms with Crippen molar-refractivity contribution in [2.75, 3.05) is 25.5 Å². The van der Waals surface area contributed by atoms with Crippen LogP contribution in [0.3, 0.4) is 0 Å². The molecule has 4 N–H and O–H groups in total. The number of amides is 3. The van der Waals surface area contributed by atoms with Gasteiger partial charge in [-0.25, -0.2) is 4.79 Å². The van der Waals surface area contributed by atoms with E-state index in [0.29, 0.717) is 30.0 Å². The maximum Gasteiger partial charge on any atom is 0.319 e. The van der Waals surface area contributed by atoms with Gasteiger partial charge in [0.2, 0.25) is 0 Å². The summed E-state index contributed by atoms with van der Waals surface area (Å²) in [6, 6.07) is 13.4. The molecular weight excluding hydrogens is 392 g/mol. The highest BCUT2D eigenvalue weighted by molar-refractivity contribution is 6.13. The number of nitrogens with one attached hydrogen (secondary N) is 4. The van der Waals surface area contributed by atoms with Gasteiger partial charge in [-0.1, -0.05) is 30.3 Å². The minimum Gasteiger partial charge on any atom is -0.379 e. The molecular formula is C24H30N4O3. The quantitative estimate of drug-likeness (QED) is 0.404. The lowest BCUT2D eigenvalue weighted by molar-refractivity contribution is 0.0756. The lowest BCUT2D eigenvalue weighted by atomic mass is 10.00. The van der Waals surface area contributed by atoms with Gasteiger partial charge in [0.1, 0.15) is 5.69 Å². The minimum absolute atomic E-state index is 0.170. The Hall–Kier alpha value is -3.32. The molecule has 1 aromatic heterocycles. The molecule has 0 unspecified atom stereocenters. The summed E-state index contributed by atoms with van der Waals surface area (Å²) >= 11 is 0. The Morgan fingerprint density at radius 3 is 2.55 bits per heavy atom. The van der Waals surface area contributed by atoms with Crippen LogP contribution in [-0.4, -0.2) is 43.2 Å². The summed E-state index contributed by atoms with van der Waals surface area (Å²) in [6.45, 7) is 7.04. The number of rotatable bonds is 8. The summed E-state index contributed by atoms with van der Waals surface area (Å²) < 4.78 is 5.54. The molecule has 0 saturated carbocycles. The molecule has 0 saturated heterocycles. The summed E-state index contributed by atoms with van der Waals surface area (Å²) in [5.74, 6) is -0.192. The van der Waals surface area contributed by atoms with Gasteiger partial charge in [0, 0.05) is 31.1 Å². The average molecular weight is 423 g/mol. The van der Waals surface area contributed by atoms with Gasteiger partial charge in [0.15, 0.2) is 0 Å². The summed E-state index contributed by atoms with van der Waals surface area (Å²) in [4.78, 5) is 28.3. The lowest BCUT2D eigenvalue weighted by Gasteiger charge is -2.09. The van der Waals surface area contributed by atoms with Crippen LogP contribution in [0.5, 0.6) is 0 Å². The number of H-pyrrole nitrogens is 1. The number of hydrogen-bond acceptors (Lipinski definition) is 3. The Morgan fingerprint density at radius 2 is 1.87 bits per heavy atom. The maximum absolute atomic E-state index is 13.1. The van der Waals surface area contributed by atoms with Crippen molar-refractivity contribution < 1.29 is 14.3 Å². The third-order valence-corrected chi connectivity index (χ3v) is 4.87. The SMILES string of the molecule is CNC(=O)Nc1cc(C)cc2c(-c3ccccc3)c(C(=O)NCCCOC(C)C)[nH]c12. The number of ether oxygens (including phenoxy) is 1. The molecule has 0 atom stereocenters. The molecule has 0 radical (unpaired) electrons. The standard InChI is InChI=1S/C24H30N4O3/c1-15(2)31-12-8-11-26-23(29)22-20(17-9-6-5-7-10-17)18-13-16(3)14-19(21(18)28-22)27-24(30)25-4/h5-7,9-10,13-15,28H,8,11-12H2,1-4H3,(H,26,29)(H2,25,27,30). The Bertz CT molecular complexity index is 1060. The van der Waals surface area contributed by atoms with E-state index in [-0.39, 0.29) is 18.0 Å². The molecule has 164 valence electrons. The molecule has 31 heavy (non-hydrogen) atoms. The molecule has 0 aliphatic heterocycles. The average Bonchev–Trinajstić information content (AvgIpc) is 3.13. The fourth-order valence-corrected chi connectivity index (χ4v) is 3.48. The fraction of sp³-hybridized carbons (Fsp3) is 0.333. The highest BCUT2D eigenvalue weighted by atomic mass is 16.5. The van der Waals surface area contributed by atoms with Crippen LogP contribution < -0.4 is 16.0 Å². The van der Waals surface area contributed by atoms with Crippen molar-refractivity contribution in [2.45, 2.75) is 33.3 Å². The number of fused-ring (bicyclic) bond motifs is 1. The van der Waals surface area contributed by atoms with Crippen LogP contribution in [0.1, 0.15) is 36.3 Å². The highest BCUT2D eigenvalue weighted by Gasteiger charge is 2.21. The monoisotopic (exact) mass is 422 g/mol. The van der Waals surface area contributed by atoms with Gasteiger partial charge in [-0.3, -0.25) is 4.79 Å². The molecule has 1 heterocycles. The number of carbonyl (C=O) groups excluding carboxylic acids is 2. The first-order valence-corrected chi connectivity index (χ1v) is 10.5. The van der Waals surface area contributed by atoms with E-state index in [9.17, 15) is 9.59 Å². The summed E-state index contributed by atoms with van der Waals surface area (Å²) in [5.41, 5.74) is 4.52. The molecule has 3 aromatic rings. The van der Waals surface area contributed by atoms with Crippen LogP contribution in [0.25, 0.3) is 22.0 Å². The van der Waals surface area contributed by atoms with Crippen LogP contribution in [0.15, 0.2) is 42.5 Å². The largest absolute Gasteiger partial charge is 0.379 e. The van der Waals surface area contributed by atoms with E-state index < -0.39 is 0 Å². The number of aromatic nitrogens is 1. The van der Waals surface area contributed by atoms with Crippen molar-refractivity contribution in [1.82, 2.24) is 15.6 Å². The van der Waals surface area contributed by atoms with E-state index in [0.717, 1.165) is 28.5 Å². The number of hydrogen-bond donors (Lipinski definition) is 4. The van der Waals surface area contributed by atoms with Crippen molar-refractivity contribution in [3.8, 4) is 11.1 Å². The van der Waals surface area contributed by atoms with Crippen LogP contribution in [-0.2, 0) is 4.74 Å². The molecule has 0 spiro atoms. The number of carbonyl (C=O) groups is 2. The van der Waals surface area contributed by atoms with Crippen molar-refractivity contribution >= 4 is 28.5 Å². The number of aromatic amines is 1. The van der Waals surface area contributed by atoms with Crippen molar-refractivity contribution in [3.05, 3.63) is 53.7 Å². The zero-order valence-corrected chi connectivity index (χ0v) is 18.5. The molecule has 0 aliphatic rings. The van der Waals surface area contributed by atoms with Gasteiger partial charge in [-0.2, -0.15) is 0 Å². The molecule has 3 amide bonds. The maximum atomic E-state index is 13.1. The van der Waals surface area contributed by atoms with Crippen LogP contribution in [0, 0.1) is 6.92 Å². The van der Waals surface area contributed by atoms with Crippen molar-refractivity contribution in [3.63, 3.8) is 0 Å². The Balaban J connectivity index is 2.00. The predicted octanol–water partition coefficient (Wildman–Crippen LogP) is 4.44. The Morgan fingerprint density at radius 1 is 1.13 bits per heavy atom. The second-order valence-electron chi connectivity index (χ2n) is 7.71. The van der Waals surface area contributed by atoms with Gasteiger partial charge in [0.05, 0.1) is 17.3 Å². The number of benzene rings is 2. The molecule has 0 bridgehead atoms. The lowest BCUT2D eigenvalue weighted by Crippen LogP contribution is -2.26. The van der Waals surface area contributed by atoms with E-state index in [4.69, 9.17) is 4.74 Å². The smallest absolute Gasteiger partial charge is 0.319 e. The summed E-state index contributed by atoms with van der Waals surface area (Å²) in [7, 11) is 1.56. The van der Waals surface area contributed by atoms with Crippen molar-refractivity contribution in [1.29, 1.82) is 0 Å². The van der Waals surface area contributed by atoms with Crippen LogP contribution in [0.2, 0.25) is 0 Å². The van der Waals surface area contributed by atoms with E-state index in [1.165, 1.54) is 0 Å². The van der Waals surface area contributed by atoms with Crippen LogP contribution in [0.4, 0.5) is 10.5 Å². The zero-order valence-electron chi connectivity index (χ0n) is 18.5. The number of aryl methyl sites for hydroxylation is 1. The first kappa shape index (κ1) is 22.4. The molecule has 7 heteroatoms. The minimum atomic E-state index is -0.320. The Labute approximate surface area is 182 Å². The third-order valence-electron chi connectivity index (χ3n) is 4.87. The van der Waals surface area contributed by atoms with E-state index in [1.54, 1.807) is 7.05 Å². The van der Waals surface area contributed by atoms with E-state index in [1.807, 2.05) is 63.2 Å². The van der Waals surface area contributed by atoms with Crippen molar-refractivity contribution in [2.24, 2.45) is 0 Å². The van der Waals surface area contributed by atoms with Crippen LogP contribution >= 0.6 is 0 Å². The second kappa shape index (κ2) is 10.1. The second-order valence-corrected chi connectivity index (χ2v) is 7.71. The van der Waals surface area contributed by atoms with E-state index in [2.05, 4.69) is 20.9 Å². The summed E-state index contributed by atoms with van der Waals surface area (Å²) in [6.07, 6.45) is 0.900. The molecule has 2 aromatic carbocycles. The topological polar surface area (TPSA) is 95.2 Å². The fourth-order valence-electron chi connectivity index (χ4n) is 3.48. The molecule has 3 rings (SSSR count). The predicted molar refractivity (Wildman–Crippen MR) is 125 cm³/mol. The number of anilines is 1. The van der Waals surface area contributed by atoms with E-state index >= 15 is 0 Å². The zero-order chi connectivity index (χ0) is 22.4.